The number of rotatable bonds is 4. The van der Waals surface area contributed by atoms with E-state index in [0.29, 0.717) is 19.2 Å². The van der Waals surface area contributed by atoms with E-state index in [0.717, 1.165) is 12.1 Å². The number of aromatic nitrogens is 5. The molecule has 10 nitrogen and oxygen atoms in total. The van der Waals surface area contributed by atoms with Crippen LogP contribution in [0.3, 0.4) is 0 Å². The molecule has 4 rings (SSSR count). The monoisotopic (exact) mass is 436 g/mol. The molecule has 3 aromatic rings. The largest absolute Gasteiger partial charge is 0.472 e. The van der Waals surface area contributed by atoms with Gasteiger partial charge in [-0.2, -0.15) is 18.3 Å². The van der Waals surface area contributed by atoms with Crippen molar-refractivity contribution < 1.29 is 17.9 Å². The van der Waals surface area contributed by atoms with Gasteiger partial charge in [0, 0.05) is 31.4 Å². The van der Waals surface area contributed by atoms with E-state index < -0.39 is 34.7 Å². The molecule has 162 valence electrons. The van der Waals surface area contributed by atoms with E-state index in [1.165, 1.54) is 12.3 Å². The Kier molecular flexibility index (Phi) is 5.09. The maximum Gasteiger partial charge on any atom is 0.417 e. The Labute approximate surface area is 170 Å². The zero-order chi connectivity index (χ0) is 22.2. The van der Waals surface area contributed by atoms with Gasteiger partial charge in [0.1, 0.15) is 11.8 Å². The third-order valence-electron chi connectivity index (χ3n) is 4.72. The highest BCUT2D eigenvalue weighted by Gasteiger charge is 2.31. The highest BCUT2D eigenvalue weighted by Crippen LogP contribution is 2.29. The Bertz CT molecular complexity index is 1270. The highest BCUT2D eigenvalue weighted by molar-refractivity contribution is 5.62. The zero-order valence-electron chi connectivity index (χ0n) is 15.7. The third-order valence-corrected chi connectivity index (χ3v) is 4.72. The molecule has 31 heavy (non-hydrogen) atoms. The fourth-order valence-electron chi connectivity index (χ4n) is 3.20. The molecule has 0 radical (unpaired) electrons. The summed E-state index contributed by atoms with van der Waals surface area (Å²) in [6.45, 7) is 0.705. The fraction of sp³-hybridized carbons (Fsp3) is 0.278. The van der Waals surface area contributed by atoms with Gasteiger partial charge in [-0.3, -0.25) is 14.6 Å². The third kappa shape index (κ3) is 4.34. The van der Waals surface area contributed by atoms with Gasteiger partial charge in [-0.1, -0.05) is 0 Å². The van der Waals surface area contributed by atoms with E-state index in [9.17, 15) is 27.6 Å². The Morgan fingerprint density at radius 3 is 2.65 bits per heavy atom. The number of pyridine rings is 1. The maximum absolute atomic E-state index is 12.6. The van der Waals surface area contributed by atoms with Crippen molar-refractivity contribution in [1.82, 2.24) is 25.1 Å². The number of aromatic amines is 3. The molecular formula is C18H15F3N6O4. The molecule has 0 bridgehead atoms. The van der Waals surface area contributed by atoms with Gasteiger partial charge in [-0.25, -0.2) is 14.9 Å². The highest BCUT2D eigenvalue weighted by atomic mass is 19.4. The molecule has 3 N–H and O–H groups in total. The van der Waals surface area contributed by atoms with Gasteiger partial charge in [0.05, 0.1) is 23.4 Å². The molecular weight excluding hydrogens is 421 g/mol. The van der Waals surface area contributed by atoms with Gasteiger partial charge in [0.25, 0.3) is 11.1 Å². The lowest BCUT2D eigenvalue weighted by Crippen LogP contribution is -2.30. The van der Waals surface area contributed by atoms with Crippen molar-refractivity contribution in [3.63, 3.8) is 0 Å². The minimum atomic E-state index is -4.48. The lowest BCUT2D eigenvalue weighted by atomic mass is 10.2. The van der Waals surface area contributed by atoms with Crippen molar-refractivity contribution in [1.29, 1.82) is 0 Å². The van der Waals surface area contributed by atoms with Crippen molar-refractivity contribution in [3.8, 4) is 17.1 Å². The molecule has 13 heteroatoms. The van der Waals surface area contributed by atoms with Crippen LogP contribution in [0.2, 0.25) is 0 Å². The van der Waals surface area contributed by atoms with Gasteiger partial charge in [0.2, 0.25) is 5.88 Å². The predicted molar refractivity (Wildman–Crippen MR) is 102 cm³/mol. The average Bonchev–Trinajstić information content (AvgIpc) is 3.16. The van der Waals surface area contributed by atoms with Crippen LogP contribution in [0.5, 0.6) is 5.88 Å². The minimum absolute atomic E-state index is 0.0453. The molecule has 0 amide bonds. The van der Waals surface area contributed by atoms with Crippen LogP contribution in [0.4, 0.5) is 18.9 Å². The summed E-state index contributed by atoms with van der Waals surface area (Å²) in [4.78, 5) is 45.2. The summed E-state index contributed by atoms with van der Waals surface area (Å²) in [5.41, 5.74) is -2.24. The van der Waals surface area contributed by atoms with Gasteiger partial charge in [-0.15, -0.1) is 0 Å². The molecule has 1 saturated heterocycles. The number of alkyl halides is 3. The lowest BCUT2D eigenvalue weighted by molar-refractivity contribution is -0.137. The topological polar surface area (TPSA) is 137 Å². The van der Waals surface area contributed by atoms with Crippen LogP contribution < -0.4 is 26.4 Å². The number of ether oxygens (including phenoxy) is 1. The van der Waals surface area contributed by atoms with Crippen LogP contribution >= 0.6 is 0 Å². The van der Waals surface area contributed by atoms with Crippen LogP contribution in [0.25, 0.3) is 11.3 Å². The normalized spacial score (nSPS) is 16.5. The summed E-state index contributed by atoms with van der Waals surface area (Å²) >= 11 is 0. The van der Waals surface area contributed by atoms with Crippen molar-refractivity contribution in [3.05, 3.63) is 67.3 Å². The summed E-state index contributed by atoms with van der Waals surface area (Å²) < 4.78 is 43.6. The number of anilines is 1. The first-order chi connectivity index (χ1) is 14.7. The van der Waals surface area contributed by atoms with Crippen LogP contribution in [0.15, 0.2) is 45.0 Å². The van der Waals surface area contributed by atoms with E-state index in [2.05, 4.69) is 25.1 Å². The van der Waals surface area contributed by atoms with Crippen molar-refractivity contribution in [2.24, 2.45) is 0 Å². The minimum Gasteiger partial charge on any atom is -0.472 e. The second-order valence-corrected chi connectivity index (χ2v) is 6.81. The molecule has 1 fully saturated rings. The lowest BCUT2D eigenvalue weighted by Gasteiger charge is -2.18. The van der Waals surface area contributed by atoms with E-state index in [4.69, 9.17) is 4.74 Å². The number of nitrogens with one attached hydrogen (secondary N) is 3. The summed E-state index contributed by atoms with van der Waals surface area (Å²) in [6, 6.07) is 3.45. The van der Waals surface area contributed by atoms with Crippen LogP contribution in [0, 0.1) is 0 Å². The number of H-pyrrole nitrogens is 3. The second-order valence-electron chi connectivity index (χ2n) is 6.81. The molecule has 4 heterocycles. The molecule has 0 saturated carbocycles. The first-order valence-corrected chi connectivity index (χ1v) is 9.07. The van der Waals surface area contributed by atoms with E-state index >= 15 is 0 Å². The average molecular weight is 436 g/mol. The van der Waals surface area contributed by atoms with Crippen molar-refractivity contribution >= 4 is 5.69 Å². The predicted octanol–water partition coefficient (Wildman–Crippen LogP) is 0.885. The Balaban J connectivity index is 1.51. The van der Waals surface area contributed by atoms with Crippen LogP contribution in [0.1, 0.15) is 12.0 Å². The number of halogens is 3. The Hall–Kier alpha value is -3.90. The second kappa shape index (κ2) is 7.74. The Morgan fingerprint density at radius 1 is 1.16 bits per heavy atom. The van der Waals surface area contributed by atoms with E-state index in [1.807, 2.05) is 0 Å². The standard InChI is InChI=1S/C18H15F3N6O4/c19-18(20,21)9-1-2-14(22-6-9)31-10-3-4-27(8-10)13-5-12(25-26-16(13)29)11-7-23-17(30)24-15(11)28/h1-2,5-7,10H,3-4,8H2,(H,26,29)(H2,23,24,28,30). The van der Waals surface area contributed by atoms with Gasteiger partial charge < -0.3 is 14.6 Å². The van der Waals surface area contributed by atoms with E-state index in [1.54, 1.807) is 4.90 Å². The van der Waals surface area contributed by atoms with Crippen molar-refractivity contribution in [2.45, 2.75) is 18.7 Å². The molecule has 3 aromatic heterocycles. The molecule has 0 aromatic carbocycles. The van der Waals surface area contributed by atoms with Gasteiger partial charge >= 0.3 is 11.9 Å². The van der Waals surface area contributed by atoms with Gasteiger partial charge in [-0.05, 0) is 12.1 Å². The first kappa shape index (κ1) is 20.4. The summed E-state index contributed by atoms with van der Waals surface area (Å²) in [5.74, 6) is 0.0453. The molecule has 0 spiro atoms. The summed E-state index contributed by atoms with van der Waals surface area (Å²) in [6.07, 6.45) is -2.50. The number of hydrogen-bond acceptors (Lipinski definition) is 7. The molecule has 0 aliphatic carbocycles. The SMILES string of the molecule is O=c1[nH]cc(-c2cc(N3CCC(Oc4ccc(C(F)(F)F)cn4)C3)c(=O)[nH]n2)c(=O)[nH]1. The first-order valence-electron chi connectivity index (χ1n) is 9.07. The molecule has 1 atom stereocenters. The molecule has 1 aliphatic rings. The zero-order valence-corrected chi connectivity index (χ0v) is 15.7. The molecule has 1 aliphatic heterocycles. The van der Waals surface area contributed by atoms with Crippen LogP contribution in [-0.4, -0.2) is 44.3 Å². The quantitative estimate of drug-likeness (QED) is 0.552. The maximum atomic E-state index is 12.6. The van der Waals surface area contributed by atoms with Crippen molar-refractivity contribution in [2.75, 3.05) is 18.0 Å². The van der Waals surface area contributed by atoms with Gasteiger partial charge in [0.15, 0.2) is 0 Å². The Morgan fingerprint density at radius 2 is 1.97 bits per heavy atom. The van der Waals surface area contributed by atoms with E-state index in [-0.39, 0.29) is 29.4 Å². The summed E-state index contributed by atoms with van der Waals surface area (Å²) in [5, 5.41) is 6.17. The number of hydrogen-bond donors (Lipinski definition) is 3. The van der Waals surface area contributed by atoms with Crippen LogP contribution in [-0.2, 0) is 6.18 Å². The molecule has 1 unspecified atom stereocenters. The fourth-order valence-corrected chi connectivity index (χ4v) is 3.20. The number of nitrogens with zero attached hydrogens (tertiary/aromatic N) is 3. The summed E-state index contributed by atoms with van der Waals surface area (Å²) in [7, 11) is 0. The smallest absolute Gasteiger partial charge is 0.417 e.